The van der Waals surface area contributed by atoms with E-state index >= 15 is 0 Å². The van der Waals surface area contributed by atoms with Crippen LogP contribution in [0.5, 0.6) is 0 Å². The number of carbonyl (C=O) groups is 3. The van der Waals surface area contributed by atoms with Crippen LogP contribution in [0.15, 0.2) is 48.9 Å². The number of pyridine rings is 1. The lowest BCUT2D eigenvalue weighted by Gasteiger charge is -2.38. The molecule has 2 atom stereocenters. The maximum Gasteiger partial charge on any atom is 0.435 e. The third kappa shape index (κ3) is 7.01. The van der Waals surface area contributed by atoms with Crippen LogP contribution in [0.2, 0.25) is 5.02 Å². The van der Waals surface area contributed by atoms with Crippen molar-refractivity contribution in [3.05, 3.63) is 71.0 Å². The number of aliphatic hydroxyl groups is 1. The van der Waals surface area contributed by atoms with E-state index in [1.807, 2.05) is 0 Å². The van der Waals surface area contributed by atoms with Gasteiger partial charge in [0.1, 0.15) is 0 Å². The summed E-state index contributed by atoms with van der Waals surface area (Å²) in [4.78, 5) is 51.0. The SMILES string of the molecule is CNc1ccc(-n2cc(-c3cnc(C(=O)Nc4ccc(C(=O)N5CCN(C(=O)[C@@H]6CCNC[C@H]6O)CC5)c(Cl)c4)n3C)c(C(F)(F)F)n2)nc1. The number of aliphatic hydroxyl groups excluding tert-OH is 1. The van der Waals surface area contributed by atoms with Gasteiger partial charge in [-0.3, -0.25) is 14.4 Å². The van der Waals surface area contributed by atoms with Crippen molar-refractivity contribution < 1.29 is 32.7 Å². The van der Waals surface area contributed by atoms with Crippen LogP contribution in [0.25, 0.3) is 17.1 Å². The van der Waals surface area contributed by atoms with Gasteiger partial charge < -0.3 is 35.4 Å². The lowest BCUT2D eigenvalue weighted by molar-refractivity contribution is -0.142. The van der Waals surface area contributed by atoms with Crippen LogP contribution in [-0.2, 0) is 18.0 Å². The highest BCUT2D eigenvalue weighted by Gasteiger charge is 2.39. The van der Waals surface area contributed by atoms with E-state index in [0.29, 0.717) is 38.3 Å². The minimum Gasteiger partial charge on any atom is -0.391 e. The molecule has 14 nitrogen and oxygen atoms in total. The monoisotopic (exact) mass is 714 g/mol. The number of carbonyl (C=O) groups excluding carboxylic acids is 3. The molecule has 264 valence electrons. The second kappa shape index (κ2) is 14.1. The second-order valence-corrected chi connectivity index (χ2v) is 12.4. The Balaban J connectivity index is 1.13. The van der Waals surface area contributed by atoms with E-state index < -0.39 is 29.8 Å². The van der Waals surface area contributed by atoms with Gasteiger partial charge in [-0.15, -0.1) is 0 Å². The number of β-amino-alcohol motifs (C(OH)–C–C–N with tert-alkyl or cyclic N) is 1. The van der Waals surface area contributed by atoms with Gasteiger partial charge in [0.05, 0.1) is 51.9 Å². The maximum absolute atomic E-state index is 14.1. The van der Waals surface area contributed by atoms with Gasteiger partial charge in [-0.05, 0) is 43.3 Å². The number of benzene rings is 1. The first-order valence-electron chi connectivity index (χ1n) is 15.8. The van der Waals surface area contributed by atoms with Gasteiger partial charge >= 0.3 is 6.18 Å². The van der Waals surface area contributed by atoms with Gasteiger partial charge in [0, 0.05) is 58.7 Å². The predicted molar refractivity (Wildman–Crippen MR) is 177 cm³/mol. The van der Waals surface area contributed by atoms with Gasteiger partial charge in [0.15, 0.2) is 17.3 Å². The van der Waals surface area contributed by atoms with Crippen molar-refractivity contribution in [2.45, 2.75) is 18.7 Å². The fraction of sp³-hybridized carbons (Fsp3) is 0.375. The number of nitrogens with one attached hydrogen (secondary N) is 3. The molecule has 50 heavy (non-hydrogen) atoms. The summed E-state index contributed by atoms with van der Waals surface area (Å²) in [7, 11) is 3.09. The highest BCUT2D eigenvalue weighted by atomic mass is 35.5. The number of halogens is 4. The van der Waals surface area contributed by atoms with Crippen LogP contribution in [-0.4, -0.2) is 109 Å². The third-order valence-electron chi connectivity index (χ3n) is 8.82. The summed E-state index contributed by atoms with van der Waals surface area (Å²) in [6.45, 7) is 2.25. The number of amides is 3. The number of hydrogen-bond donors (Lipinski definition) is 4. The molecule has 3 aromatic heterocycles. The van der Waals surface area contributed by atoms with Crippen LogP contribution in [0.4, 0.5) is 24.5 Å². The molecule has 1 aromatic carbocycles. The lowest BCUT2D eigenvalue weighted by Crippen LogP contribution is -2.55. The summed E-state index contributed by atoms with van der Waals surface area (Å²) in [6, 6.07) is 7.51. The van der Waals surface area contributed by atoms with Crippen LogP contribution in [0.3, 0.4) is 0 Å². The third-order valence-corrected chi connectivity index (χ3v) is 9.14. The number of hydrogen-bond acceptors (Lipinski definition) is 9. The molecule has 2 aliphatic heterocycles. The van der Waals surface area contributed by atoms with Gasteiger partial charge in [-0.25, -0.2) is 14.6 Å². The quantitative estimate of drug-likeness (QED) is 0.226. The molecule has 0 bridgehead atoms. The van der Waals surface area contributed by atoms with E-state index in [4.69, 9.17) is 11.6 Å². The first kappa shape index (κ1) is 34.8. The van der Waals surface area contributed by atoms with Crippen molar-refractivity contribution in [3.8, 4) is 17.1 Å². The number of alkyl halides is 3. The Kier molecular flexibility index (Phi) is 9.82. The second-order valence-electron chi connectivity index (χ2n) is 11.9. The fourth-order valence-electron chi connectivity index (χ4n) is 6.05. The van der Waals surface area contributed by atoms with E-state index in [0.717, 1.165) is 10.9 Å². The highest BCUT2D eigenvalue weighted by molar-refractivity contribution is 6.34. The van der Waals surface area contributed by atoms with E-state index in [9.17, 15) is 32.7 Å². The fourth-order valence-corrected chi connectivity index (χ4v) is 6.31. The molecular weight excluding hydrogens is 681 g/mol. The number of anilines is 2. The zero-order valence-electron chi connectivity index (χ0n) is 27.0. The first-order valence-corrected chi connectivity index (χ1v) is 16.1. The molecule has 4 aromatic rings. The summed E-state index contributed by atoms with van der Waals surface area (Å²) < 4.78 is 44.4. The molecule has 0 radical (unpaired) electrons. The van der Waals surface area contributed by atoms with Crippen LogP contribution >= 0.6 is 11.6 Å². The van der Waals surface area contributed by atoms with E-state index in [1.54, 1.807) is 22.9 Å². The highest BCUT2D eigenvalue weighted by Crippen LogP contribution is 2.37. The predicted octanol–water partition coefficient (Wildman–Crippen LogP) is 2.89. The molecule has 0 aliphatic carbocycles. The molecule has 0 spiro atoms. The van der Waals surface area contributed by atoms with Crippen molar-refractivity contribution in [1.82, 2.24) is 39.4 Å². The van der Waals surface area contributed by atoms with Crippen molar-refractivity contribution in [1.29, 1.82) is 0 Å². The average molecular weight is 715 g/mol. The summed E-state index contributed by atoms with van der Waals surface area (Å²) in [6.07, 6.45) is -1.22. The number of piperidine rings is 1. The maximum atomic E-state index is 14.1. The molecule has 0 saturated carbocycles. The number of aromatic nitrogens is 5. The molecule has 18 heteroatoms. The molecule has 5 heterocycles. The molecule has 2 fully saturated rings. The summed E-state index contributed by atoms with van der Waals surface area (Å²) in [5.41, 5.74) is -0.381. The number of nitrogens with zero attached hydrogens (tertiary/aromatic N) is 7. The van der Waals surface area contributed by atoms with Gasteiger partial charge in [-0.1, -0.05) is 11.6 Å². The largest absolute Gasteiger partial charge is 0.435 e. The summed E-state index contributed by atoms with van der Waals surface area (Å²) >= 11 is 6.47. The van der Waals surface area contributed by atoms with E-state index in [1.165, 1.54) is 48.3 Å². The van der Waals surface area contributed by atoms with Crippen molar-refractivity contribution in [2.24, 2.45) is 13.0 Å². The lowest BCUT2D eigenvalue weighted by atomic mass is 9.93. The smallest absolute Gasteiger partial charge is 0.391 e. The minimum atomic E-state index is -4.81. The van der Waals surface area contributed by atoms with Crippen molar-refractivity contribution >= 4 is 40.7 Å². The van der Waals surface area contributed by atoms with Crippen LogP contribution in [0.1, 0.15) is 33.1 Å². The summed E-state index contributed by atoms with van der Waals surface area (Å²) in [5.74, 6) is -1.67. The van der Waals surface area contributed by atoms with Crippen molar-refractivity contribution in [3.63, 3.8) is 0 Å². The Morgan fingerprint density at radius 3 is 2.38 bits per heavy atom. The number of piperazine rings is 1. The van der Waals surface area contributed by atoms with Crippen LogP contribution in [0, 0.1) is 5.92 Å². The van der Waals surface area contributed by atoms with Crippen LogP contribution < -0.4 is 16.0 Å². The average Bonchev–Trinajstić information content (AvgIpc) is 3.72. The Bertz CT molecular complexity index is 1900. The number of rotatable bonds is 7. The number of imidazole rings is 1. The zero-order valence-corrected chi connectivity index (χ0v) is 27.8. The Hall–Kier alpha value is -5.00. The molecule has 2 saturated heterocycles. The molecule has 0 unspecified atom stereocenters. The normalized spacial score (nSPS) is 18.2. The minimum absolute atomic E-state index is 0.00623. The van der Waals surface area contributed by atoms with Crippen molar-refractivity contribution in [2.75, 3.05) is 56.9 Å². The topological polar surface area (TPSA) is 163 Å². The molecule has 6 rings (SSSR count). The summed E-state index contributed by atoms with van der Waals surface area (Å²) in [5, 5.41) is 22.6. The standard InChI is InChI=1S/C32H34ClF3N10O4/c1-37-19-4-6-26(39-14-19)46-17-22(27(42-46)32(34,35)36)24-15-40-28(43(24)2)29(48)41-18-3-5-20(23(33)13-18)30(49)44-9-11-45(12-10-44)31(50)21-7-8-38-16-25(21)47/h3-6,13-15,17,21,25,37-38,47H,7-12,16H2,1-2H3,(H,41,48)/t21-,25-/m1/s1. The molecule has 3 amide bonds. The van der Waals surface area contributed by atoms with E-state index in [-0.39, 0.29) is 64.1 Å². The molecule has 2 aliphatic rings. The Morgan fingerprint density at radius 1 is 1.02 bits per heavy atom. The van der Waals surface area contributed by atoms with Gasteiger partial charge in [-0.2, -0.15) is 18.3 Å². The Morgan fingerprint density at radius 2 is 1.74 bits per heavy atom. The first-order chi connectivity index (χ1) is 23.8. The van der Waals surface area contributed by atoms with Gasteiger partial charge in [0.2, 0.25) is 5.91 Å². The molecular formula is C32H34ClF3N10O4. The zero-order chi connectivity index (χ0) is 35.7. The Labute approximate surface area is 289 Å². The van der Waals surface area contributed by atoms with E-state index in [2.05, 4.69) is 31.0 Å². The molecule has 4 N–H and O–H groups in total. The van der Waals surface area contributed by atoms with Gasteiger partial charge in [0.25, 0.3) is 11.8 Å².